The molecule has 0 saturated heterocycles. The number of methoxy groups -OCH3 is 1. The average Bonchev–Trinajstić information content (AvgIpc) is 2.52. The third-order valence-electron chi connectivity index (χ3n) is 2.80. The smallest absolute Gasteiger partial charge is 0.319 e. The first kappa shape index (κ1) is 10.7. The van der Waals surface area contributed by atoms with Gasteiger partial charge in [0.25, 0.3) is 0 Å². The maximum absolute atomic E-state index is 11.7. The van der Waals surface area contributed by atoms with E-state index in [-0.39, 0.29) is 5.97 Å². The Hall–Kier alpha value is -1.83. The van der Waals surface area contributed by atoms with Crippen LogP contribution in [0.25, 0.3) is 0 Å². The summed E-state index contributed by atoms with van der Waals surface area (Å²) in [5.74, 6) is -0.235. The highest BCUT2D eigenvalue weighted by Crippen LogP contribution is 2.33. The molecule has 0 N–H and O–H groups in total. The minimum atomic E-state index is -0.657. The second-order valence-electron chi connectivity index (χ2n) is 4.07. The summed E-state index contributed by atoms with van der Waals surface area (Å²) in [6.07, 6.45) is 15.7. The highest BCUT2D eigenvalue weighted by atomic mass is 16.5. The zero-order chi connectivity index (χ0) is 11.6. The van der Waals surface area contributed by atoms with Crippen molar-refractivity contribution in [1.82, 2.24) is 0 Å². The van der Waals surface area contributed by atoms with Crippen LogP contribution in [0.3, 0.4) is 0 Å². The topological polar surface area (TPSA) is 26.3 Å². The Morgan fingerprint density at radius 2 is 2.00 bits per heavy atom. The summed E-state index contributed by atoms with van der Waals surface area (Å²) in [6, 6.07) is 0. The van der Waals surface area contributed by atoms with Crippen molar-refractivity contribution in [2.24, 2.45) is 5.41 Å². The lowest BCUT2D eigenvalue weighted by molar-refractivity contribution is -0.146. The molecule has 0 amide bonds. The van der Waals surface area contributed by atoms with Gasteiger partial charge in [-0.05, 0) is 18.1 Å². The zero-order valence-electron chi connectivity index (χ0n) is 9.44. The normalized spacial score (nSPS) is 26.6. The van der Waals surface area contributed by atoms with Crippen molar-refractivity contribution in [3.63, 3.8) is 0 Å². The molecule has 2 aliphatic rings. The van der Waals surface area contributed by atoms with Crippen molar-refractivity contribution in [3.8, 4) is 0 Å². The molecule has 0 spiro atoms. The van der Waals surface area contributed by atoms with E-state index in [1.54, 1.807) is 0 Å². The molecule has 2 rings (SSSR count). The highest BCUT2D eigenvalue weighted by molar-refractivity contribution is 5.83. The summed E-state index contributed by atoms with van der Waals surface area (Å²) < 4.78 is 4.81. The molecule has 16 heavy (non-hydrogen) atoms. The molecule has 0 aromatic rings. The van der Waals surface area contributed by atoms with Gasteiger partial charge in [0, 0.05) is 0 Å². The summed E-state index contributed by atoms with van der Waals surface area (Å²) in [5, 5.41) is 0. The Kier molecular flexibility index (Phi) is 2.65. The SMILES string of the molecule is COC(=O)C1(C)C=CC2=CC=CC=CC2=C1. The second-order valence-corrected chi connectivity index (χ2v) is 4.07. The van der Waals surface area contributed by atoms with Gasteiger partial charge < -0.3 is 4.74 Å². The van der Waals surface area contributed by atoms with Gasteiger partial charge in [0.1, 0.15) is 5.41 Å². The monoisotopic (exact) mass is 214 g/mol. The molecule has 2 nitrogen and oxygen atoms in total. The largest absolute Gasteiger partial charge is 0.468 e. The molecular formula is C14H14O2. The Labute approximate surface area is 95.3 Å². The van der Waals surface area contributed by atoms with Crippen molar-refractivity contribution in [3.05, 3.63) is 59.8 Å². The van der Waals surface area contributed by atoms with Gasteiger partial charge in [0.2, 0.25) is 0 Å². The first-order chi connectivity index (χ1) is 7.65. The number of allylic oxidation sites excluding steroid dienone is 8. The first-order valence-corrected chi connectivity index (χ1v) is 5.22. The standard InChI is InChI=1S/C14H14O2/c1-14(13(15)16-2)9-8-11-6-4-3-5-7-12(11)10-14/h3-10H,1-2H3. The molecule has 0 aromatic carbocycles. The minimum Gasteiger partial charge on any atom is -0.468 e. The molecular weight excluding hydrogens is 200 g/mol. The summed E-state index contributed by atoms with van der Waals surface area (Å²) in [6.45, 7) is 1.85. The number of esters is 1. The lowest BCUT2D eigenvalue weighted by Crippen LogP contribution is -2.26. The van der Waals surface area contributed by atoms with Gasteiger partial charge >= 0.3 is 5.97 Å². The van der Waals surface area contributed by atoms with E-state index in [4.69, 9.17) is 4.74 Å². The minimum absolute atomic E-state index is 0.235. The van der Waals surface area contributed by atoms with Crippen LogP contribution < -0.4 is 0 Å². The lowest BCUT2D eigenvalue weighted by atomic mass is 9.81. The molecule has 82 valence electrons. The van der Waals surface area contributed by atoms with Crippen LogP contribution in [0.1, 0.15) is 6.92 Å². The predicted molar refractivity (Wildman–Crippen MR) is 63.7 cm³/mol. The molecule has 2 heteroatoms. The summed E-state index contributed by atoms with van der Waals surface area (Å²) in [4.78, 5) is 11.7. The summed E-state index contributed by atoms with van der Waals surface area (Å²) in [5.41, 5.74) is 1.52. The third-order valence-corrected chi connectivity index (χ3v) is 2.80. The quantitative estimate of drug-likeness (QED) is 0.627. The van der Waals surface area contributed by atoms with Crippen LogP contribution in [0.2, 0.25) is 0 Å². The molecule has 1 atom stereocenters. The van der Waals surface area contributed by atoms with Gasteiger partial charge in [-0.25, -0.2) is 0 Å². The van der Waals surface area contributed by atoms with Crippen LogP contribution in [0, 0.1) is 5.41 Å². The first-order valence-electron chi connectivity index (χ1n) is 5.22. The molecule has 0 heterocycles. The van der Waals surface area contributed by atoms with Crippen molar-refractivity contribution < 1.29 is 9.53 Å². The average molecular weight is 214 g/mol. The molecule has 0 fully saturated rings. The van der Waals surface area contributed by atoms with Gasteiger partial charge in [-0.2, -0.15) is 0 Å². The number of ether oxygens (including phenoxy) is 1. The molecule has 1 unspecified atom stereocenters. The van der Waals surface area contributed by atoms with Crippen molar-refractivity contribution in [2.45, 2.75) is 6.92 Å². The van der Waals surface area contributed by atoms with Crippen molar-refractivity contribution >= 4 is 5.97 Å². The van der Waals surface area contributed by atoms with Crippen LogP contribution in [-0.4, -0.2) is 13.1 Å². The number of hydrogen-bond donors (Lipinski definition) is 0. The van der Waals surface area contributed by atoms with E-state index in [1.807, 2.05) is 55.5 Å². The van der Waals surface area contributed by atoms with Gasteiger partial charge in [-0.1, -0.05) is 48.6 Å². The molecule has 0 saturated carbocycles. The maximum atomic E-state index is 11.7. The van der Waals surface area contributed by atoms with Gasteiger partial charge in [-0.15, -0.1) is 0 Å². The molecule has 0 aliphatic heterocycles. The maximum Gasteiger partial charge on any atom is 0.319 e. The number of carbonyl (C=O) groups is 1. The van der Waals surface area contributed by atoms with E-state index in [0.717, 1.165) is 11.1 Å². The van der Waals surface area contributed by atoms with Crippen molar-refractivity contribution in [1.29, 1.82) is 0 Å². The number of rotatable bonds is 1. The molecule has 0 radical (unpaired) electrons. The lowest BCUT2D eigenvalue weighted by Gasteiger charge is -2.24. The second kappa shape index (κ2) is 3.97. The fourth-order valence-electron chi connectivity index (χ4n) is 1.84. The molecule has 2 aliphatic carbocycles. The number of carbonyl (C=O) groups excluding carboxylic acids is 1. The van der Waals surface area contributed by atoms with Crippen LogP contribution in [0.15, 0.2) is 59.8 Å². The van der Waals surface area contributed by atoms with E-state index in [0.29, 0.717) is 0 Å². The van der Waals surface area contributed by atoms with E-state index >= 15 is 0 Å². The zero-order valence-corrected chi connectivity index (χ0v) is 9.44. The van der Waals surface area contributed by atoms with Crippen LogP contribution in [0.5, 0.6) is 0 Å². The van der Waals surface area contributed by atoms with E-state index in [1.165, 1.54) is 7.11 Å². The van der Waals surface area contributed by atoms with Crippen molar-refractivity contribution in [2.75, 3.05) is 7.11 Å². The Balaban J connectivity index is 2.42. The highest BCUT2D eigenvalue weighted by Gasteiger charge is 2.31. The Morgan fingerprint density at radius 1 is 1.19 bits per heavy atom. The predicted octanol–water partition coefficient (Wildman–Crippen LogP) is 2.71. The van der Waals surface area contributed by atoms with E-state index in [2.05, 4.69) is 0 Å². The van der Waals surface area contributed by atoms with Crippen LogP contribution in [-0.2, 0) is 9.53 Å². The van der Waals surface area contributed by atoms with Gasteiger partial charge in [0.05, 0.1) is 7.11 Å². The summed E-state index contributed by atoms with van der Waals surface area (Å²) >= 11 is 0. The van der Waals surface area contributed by atoms with Crippen LogP contribution in [0.4, 0.5) is 0 Å². The third kappa shape index (κ3) is 1.78. The van der Waals surface area contributed by atoms with Crippen LogP contribution >= 0.6 is 0 Å². The number of fused-ring (bicyclic) bond motifs is 1. The fraction of sp³-hybridized carbons (Fsp3) is 0.214. The number of hydrogen-bond acceptors (Lipinski definition) is 2. The van der Waals surface area contributed by atoms with E-state index in [9.17, 15) is 4.79 Å². The van der Waals surface area contributed by atoms with Gasteiger partial charge in [-0.3, -0.25) is 4.79 Å². The van der Waals surface area contributed by atoms with E-state index < -0.39 is 5.41 Å². The van der Waals surface area contributed by atoms with Gasteiger partial charge in [0.15, 0.2) is 0 Å². The molecule has 0 bridgehead atoms. The Morgan fingerprint density at radius 3 is 2.75 bits per heavy atom. The molecule has 0 aromatic heterocycles. The summed E-state index contributed by atoms with van der Waals surface area (Å²) in [7, 11) is 1.41. The Bertz CT molecular complexity index is 461. The fourth-order valence-corrected chi connectivity index (χ4v) is 1.84.